The molecule has 0 saturated heterocycles. The van der Waals surface area contributed by atoms with Gasteiger partial charge >= 0.3 is 0 Å². The van der Waals surface area contributed by atoms with Crippen molar-refractivity contribution in [3.8, 4) is 5.75 Å². The number of ether oxygens (including phenoxy) is 1. The molecule has 4 rings (SSSR count). The number of halogens is 1. The Bertz CT molecular complexity index is 934. The summed E-state index contributed by atoms with van der Waals surface area (Å²) in [4.78, 5) is 12.9. The van der Waals surface area contributed by atoms with Crippen molar-refractivity contribution in [3.05, 3.63) is 34.1 Å². The summed E-state index contributed by atoms with van der Waals surface area (Å²) in [6.45, 7) is 0. The molecule has 1 N–H and O–H groups in total. The Kier molecular flexibility index (Phi) is 4.30. The third kappa shape index (κ3) is 3.45. The maximum atomic E-state index is 12.1. The number of amides is 1. The summed E-state index contributed by atoms with van der Waals surface area (Å²) in [7, 11) is 1.55. The number of rotatable bonds is 6. The Morgan fingerprint density at radius 2 is 2.28 bits per heavy atom. The van der Waals surface area contributed by atoms with Crippen molar-refractivity contribution in [1.29, 1.82) is 0 Å². The molecule has 3 aromatic rings. The van der Waals surface area contributed by atoms with Crippen LogP contribution in [0.2, 0.25) is 5.02 Å². The molecule has 1 aliphatic rings. The molecule has 0 atom stereocenters. The van der Waals surface area contributed by atoms with E-state index in [1.165, 1.54) is 11.3 Å². The second kappa shape index (κ2) is 6.61. The number of nitrogens with one attached hydrogen (secondary N) is 1. The monoisotopic (exact) mass is 377 g/mol. The number of hydrogen-bond acceptors (Lipinski definition) is 6. The van der Waals surface area contributed by atoms with Crippen LogP contribution in [-0.2, 0) is 11.2 Å². The topological polar surface area (TPSA) is 81.4 Å². The summed E-state index contributed by atoms with van der Waals surface area (Å²) >= 11 is 7.54. The lowest BCUT2D eigenvalue weighted by Crippen LogP contribution is -2.12. The van der Waals surface area contributed by atoms with E-state index in [-0.39, 0.29) is 5.91 Å². The molecular formula is C16H16ClN5O2S. The number of methoxy groups -OCH3 is 1. The van der Waals surface area contributed by atoms with E-state index in [9.17, 15) is 4.79 Å². The maximum Gasteiger partial charge on any atom is 0.234 e. The molecule has 0 aliphatic heterocycles. The van der Waals surface area contributed by atoms with Gasteiger partial charge in [0.2, 0.25) is 10.9 Å². The fourth-order valence-corrected chi connectivity index (χ4v) is 3.65. The van der Waals surface area contributed by atoms with Crippen LogP contribution in [0.3, 0.4) is 0 Å². The Hall–Kier alpha value is -2.19. The minimum absolute atomic E-state index is 0.0883. The standard InChI is InChI=1S/C16H16ClN5O2S/c1-24-12-5-4-10(8-11(12)17)18-13(23)6-7-14-21-22-15(9-2-3-9)19-20-16(22)25-14/h4-5,8-9H,2-3,6-7H2,1H3,(H,18,23). The van der Waals surface area contributed by atoms with E-state index in [0.717, 1.165) is 28.6 Å². The van der Waals surface area contributed by atoms with Gasteiger partial charge in [-0.2, -0.15) is 9.61 Å². The molecule has 1 fully saturated rings. The molecule has 2 heterocycles. The van der Waals surface area contributed by atoms with E-state index >= 15 is 0 Å². The van der Waals surface area contributed by atoms with E-state index in [0.29, 0.717) is 35.2 Å². The van der Waals surface area contributed by atoms with Crippen molar-refractivity contribution < 1.29 is 9.53 Å². The van der Waals surface area contributed by atoms with Crippen LogP contribution in [0.4, 0.5) is 5.69 Å². The molecule has 2 aromatic heterocycles. The van der Waals surface area contributed by atoms with Gasteiger partial charge in [-0.3, -0.25) is 4.79 Å². The van der Waals surface area contributed by atoms with Crippen molar-refractivity contribution in [2.75, 3.05) is 12.4 Å². The predicted octanol–water partition coefficient (Wildman–Crippen LogP) is 3.30. The molecule has 1 aromatic carbocycles. The first kappa shape index (κ1) is 16.3. The summed E-state index contributed by atoms with van der Waals surface area (Å²) in [5, 5.41) is 17.1. The fourth-order valence-electron chi connectivity index (χ4n) is 2.56. The Morgan fingerprint density at radius 1 is 1.44 bits per heavy atom. The first-order valence-electron chi connectivity index (χ1n) is 7.98. The number of aromatic nitrogens is 4. The molecule has 0 spiro atoms. The molecule has 0 bridgehead atoms. The Labute approximate surface area is 153 Å². The number of aryl methyl sites for hydroxylation is 1. The highest BCUT2D eigenvalue weighted by Crippen LogP contribution is 2.39. The van der Waals surface area contributed by atoms with E-state index < -0.39 is 0 Å². The van der Waals surface area contributed by atoms with Crippen LogP contribution in [0, 0.1) is 0 Å². The first-order valence-corrected chi connectivity index (χ1v) is 9.18. The molecule has 130 valence electrons. The molecule has 1 aliphatic carbocycles. The highest BCUT2D eigenvalue weighted by atomic mass is 35.5. The van der Waals surface area contributed by atoms with E-state index in [4.69, 9.17) is 16.3 Å². The molecule has 9 heteroatoms. The van der Waals surface area contributed by atoms with Gasteiger partial charge in [0.05, 0.1) is 12.1 Å². The van der Waals surface area contributed by atoms with Crippen molar-refractivity contribution >= 4 is 39.5 Å². The molecule has 0 unspecified atom stereocenters. The molecule has 1 saturated carbocycles. The van der Waals surface area contributed by atoms with Crippen LogP contribution in [-0.4, -0.2) is 32.8 Å². The van der Waals surface area contributed by atoms with Gasteiger partial charge in [0.15, 0.2) is 5.82 Å². The minimum atomic E-state index is -0.0883. The highest BCUT2D eigenvalue weighted by Gasteiger charge is 2.30. The van der Waals surface area contributed by atoms with Crippen LogP contribution in [0.5, 0.6) is 5.75 Å². The van der Waals surface area contributed by atoms with Crippen molar-refractivity contribution in [3.63, 3.8) is 0 Å². The molecular weight excluding hydrogens is 362 g/mol. The minimum Gasteiger partial charge on any atom is -0.495 e. The quantitative estimate of drug-likeness (QED) is 0.712. The van der Waals surface area contributed by atoms with Gasteiger partial charge < -0.3 is 10.1 Å². The van der Waals surface area contributed by atoms with Gasteiger partial charge in [-0.25, -0.2) is 0 Å². The number of hydrogen-bond donors (Lipinski definition) is 1. The van der Waals surface area contributed by atoms with Crippen molar-refractivity contribution in [1.82, 2.24) is 19.8 Å². The summed E-state index contributed by atoms with van der Waals surface area (Å²) in [5.74, 6) is 1.92. The van der Waals surface area contributed by atoms with Crippen LogP contribution < -0.4 is 10.1 Å². The van der Waals surface area contributed by atoms with Crippen molar-refractivity contribution in [2.24, 2.45) is 0 Å². The summed E-state index contributed by atoms with van der Waals surface area (Å²) in [6, 6.07) is 5.15. The fraction of sp³-hybridized carbons (Fsp3) is 0.375. The zero-order chi connectivity index (χ0) is 17.4. The van der Waals surface area contributed by atoms with E-state index in [1.807, 2.05) is 4.52 Å². The smallest absolute Gasteiger partial charge is 0.234 e. The zero-order valence-corrected chi connectivity index (χ0v) is 15.1. The highest BCUT2D eigenvalue weighted by molar-refractivity contribution is 7.16. The molecule has 1 amide bonds. The van der Waals surface area contributed by atoms with Gasteiger partial charge in [-0.15, -0.1) is 10.2 Å². The number of nitrogens with zero attached hydrogens (tertiary/aromatic N) is 4. The van der Waals surface area contributed by atoms with Crippen molar-refractivity contribution in [2.45, 2.75) is 31.6 Å². The predicted molar refractivity (Wildman–Crippen MR) is 95.6 cm³/mol. The van der Waals surface area contributed by atoms with E-state index in [1.54, 1.807) is 25.3 Å². The largest absolute Gasteiger partial charge is 0.495 e. The summed E-state index contributed by atoms with van der Waals surface area (Å²) in [5.41, 5.74) is 0.643. The molecule has 0 radical (unpaired) electrons. The van der Waals surface area contributed by atoms with Gasteiger partial charge in [0.1, 0.15) is 10.8 Å². The van der Waals surface area contributed by atoms with Crippen LogP contribution >= 0.6 is 22.9 Å². The molecule has 7 nitrogen and oxygen atoms in total. The lowest BCUT2D eigenvalue weighted by atomic mass is 10.2. The van der Waals surface area contributed by atoms with Crippen LogP contribution in [0.1, 0.15) is 36.0 Å². The van der Waals surface area contributed by atoms with Gasteiger partial charge in [0.25, 0.3) is 0 Å². The average Bonchev–Trinajstić information content (AvgIpc) is 3.23. The normalized spacial score (nSPS) is 14.0. The second-order valence-corrected chi connectivity index (χ2v) is 7.37. The number of anilines is 1. The lowest BCUT2D eigenvalue weighted by Gasteiger charge is -2.07. The summed E-state index contributed by atoms with van der Waals surface area (Å²) in [6.07, 6.45) is 3.21. The zero-order valence-electron chi connectivity index (χ0n) is 13.5. The van der Waals surface area contributed by atoms with Gasteiger partial charge in [0, 0.05) is 24.4 Å². The van der Waals surface area contributed by atoms with Crippen LogP contribution in [0.15, 0.2) is 18.2 Å². The number of carbonyl (C=O) groups excluding carboxylic acids is 1. The van der Waals surface area contributed by atoms with Gasteiger partial charge in [-0.1, -0.05) is 22.9 Å². The number of carbonyl (C=O) groups is 1. The maximum absolute atomic E-state index is 12.1. The number of benzene rings is 1. The lowest BCUT2D eigenvalue weighted by molar-refractivity contribution is -0.116. The third-order valence-electron chi connectivity index (χ3n) is 4.00. The molecule has 25 heavy (non-hydrogen) atoms. The van der Waals surface area contributed by atoms with Gasteiger partial charge in [-0.05, 0) is 31.0 Å². The number of fused-ring (bicyclic) bond motifs is 1. The Morgan fingerprint density at radius 3 is 3.00 bits per heavy atom. The van der Waals surface area contributed by atoms with E-state index in [2.05, 4.69) is 20.6 Å². The SMILES string of the molecule is COc1ccc(NC(=O)CCc2nn3c(C4CC4)nnc3s2)cc1Cl. The Balaban J connectivity index is 1.37. The summed E-state index contributed by atoms with van der Waals surface area (Å²) < 4.78 is 6.92. The second-order valence-electron chi connectivity index (χ2n) is 5.92. The first-order chi connectivity index (χ1) is 12.1. The van der Waals surface area contributed by atoms with Crippen LogP contribution in [0.25, 0.3) is 4.96 Å². The average molecular weight is 378 g/mol. The third-order valence-corrected chi connectivity index (χ3v) is 5.25.